The van der Waals surface area contributed by atoms with Crippen LogP contribution in [0.4, 0.5) is 4.39 Å². The Morgan fingerprint density at radius 1 is 1.64 bits per heavy atom. The molecule has 1 saturated carbocycles. The molecule has 1 rings (SSSR count). The van der Waals surface area contributed by atoms with Crippen LogP contribution in [0, 0.1) is 11.8 Å². The third-order valence-corrected chi connectivity index (χ3v) is 2.79. The summed E-state index contributed by atoms with van der Waals surface area (Å²) in [7, 11) is 1.77. The maximum atomic E-state index is 13.2. The Labute approximate surface area is 66.8 Å². The number of rotatable bonds is 2. The average Bonchev–Trinajstić information content (AvgIpc) is 2.30. The van der Waals surface area contributed by atoms with Crippen LogP contribution in [0.25, 0.3) is 0 Å². The van der Waals surface area contributed by atoms with Crippen LogP contribution in [0.2, 0.25) is 0 Å². The van der Waals surface area contributed by atoms with Crippen LogP contribution in [-0.2, 0) is 0 Å². The first kappa shape index (κ1) is 8.94. The van der Waals surface area contributed by atoms with E-state index < -0.39 is 6.17 Å². The van der Waals surface area contributed by atoms with Gasteiger partial charge in [-0.2, -0.15) is 0 Å². The summed E-state index contributed by atoms with van der Waals surface area (Å²) >= 11 is 0. The lowest BCUT2D eigenvalue weighted by Gasteiger charge is -2.13. The molecule has 0 bridgehead atoms. The summed E-state index contributed by atoms with van der Waals surface area (Å²) in [4.78, 5) is 0. The Morgan fingerprint density at radius 2 is 2.27 bits per heavy atom. The fourth-order valence-electron chi connectivity index (χ4n) is 1.82. The Kier molecular flexibility index (Phi) is 2.84. The molecule has 2 nitrogen and oxygen atoms in total. The third kappa shape index (κ3) is 1.54. The van der Waals surface area contributed by atoms with E-state index >= 15 is 0 Å². The molecular weight excluding hydrogens is 145 g/mol. The Bertz CT molecular complexity index is 113. The van der Waals surface area contributed by atoms with Crippen molar-refractivity contribution < 1.29 is 9.50 Å². The summed E-state index contributed by atoms with van der Waals surface area (Å²) in [6, 6.07) is -0.0536. The van der Waals surface area contributed by atoms with Gasteiger partial charge in [0.1, 0.15) is 6.17 Å². The molecule has 0 spiro atoms. The minimum Gasteiger partial charge on any atom is -0.396 e. The number of aliphatic hydroxyl groups excluding tert-OH is 1. The van der Waals surface area contributed by atoms with Crippen LogP contribution in [0.5, 0.6) is 0 Å². The van der Waals surface area contributed by atoms with Crippen LogP contribution in [-0.4, -0.2) is 31.0 Å². The van der Waals surface area contributed by atoms with E-state index in [0.29, 0.717) is 0 Å². The molecule has 66 valence electrons. The van der Waals surface area contributed by atoms with E-state index in [1.54, 1.807) is 7.05 Å². The lowest BCUT2D eigenvalue weighted by Crippen LogP contribution is -2.31. The summed E-state index contributed by atoms with van der Waals surface area (Å²) in [5, 5.41) is 11.8. The summed E-state index contributed by atoms with van der Waals surface area (Å²) in [6.45, 7) is 1.97. The molecular formula is C8H16FNO. The normalized spacial score (nSPS) is 44.7. The van der Waals surface area contributed by atoms with Gasteiger partial charge in [0, 0.05) is 12.6 Å². The van der Waals surface area contributed by atoms with E-state index in [2.05, 4.69) is 5.32 Å². The molecule has 0 heterocycles. The summed E-state index contributed by atoms with van der Waals surface area (Å²) in [5.74, 6) is 0.139. The van der Waals surface area contributed by atoms with E-state index in [1.165, 1.54) is 0 Å². The van der Waals surface area contributed by atoms with E-state index in [4.69, 9.17) is 5.11 Å². The molecule has 3 heteroatoms. The first-order valence-electron chi connectivity index (χ1n) is 4.13. The van der Waals surface area contributed by atoms with Gasteiger partial charge >= 0.3 is 0 Å². The van der Waals surface area contributed by atoms with Gasteiger partial charge in [-0.3, -0.25) is 0 Å². The van der Waals surface area contributed by atoms with Crippen LogP contribution < -0.4 is 5.32 Å². The Balaban J connectivity index is 2.53. The lowest BCUT2D eigenvalue weighted by molar-refractivity contribution is 0.168. The van der Waals surface area contributed by atoms with Crippen LogP contribution >= 0.6 is 0 Å². The quantitative estimate of drug-likeness (QED) is 0.620. The minimum atomic E-state index is -0.794. The molecule has 0 aliphatic heterocycles. The first-order chi connectivity index (χ1) is 5.20. The number of hydrogen-bond donors (Lipinski definition) is 2. The second kappa shape index (κ2) is 3.50. The van der Waals surface area contributed by atoms with Gasteiger partial charge in [0.15, 0.2) is 0 Å². The second-order valence-electron chi connectivity index (χ2n) is 3.38. The number of hydrogen-bond acceptors (Lipinski definition) is 2. The highest BCUT2D eigenvalue weighted by Crippen LogP contribution is 2.33. The highest BCUT2D eigenvalue weighted by Gasteiger charge is 2.39. The largest absolute Gasteiger partial charge is 0.396 e. The predicted octanol–water partition coefficient (Wildman–Crippen LogP) is 0.561. The molecule has 0 amide bonds. The molecule has 0 saturated heterocycles. The van der Waals surface area contributed by atoms with Crippen LogP contribution in [0.15, 0.2) is 0 Å². The monoisotopic (exact) mass is 161 g/mol. The number of aliphatic hydroxyl groups is 1. The molecule has 1 aliphatic carbocycles. The zero-order chi connectivity index (χ0) is 8.43. The van der Waals surface area contributed by atoms with Gasteiger partial charge in [0.2, 0.25) is 0 Å². The van der Waals surface area contributed by atoms with E-state index in [9.17, 15) is 4.39 Å². The van der Waals surface area contributed by atoms with Crippen molar-refractivity contribution in [3.05, 3.63) is 0 Å². The third-order valence-electron chi connectivity index (χ3n) is 2.79. The fourth-order valence-corrected chi connectivity index (χ4v) is 1.82. The van der Waals surface area contributed by atoms with Gasteiger partial charge in [-0.15, -0.1) is 0 Å². The van der Waals surface area contributed by atoms with Crippen molar-refractivity contribution in [2.24, 2.45) is 11.8 Å². The average molecular weight is 161 g/mol. The Morgan fingerprint density at radius 3 is 2.55 bits per heavy atom. The number of nitrogens with one attached hydrogen (secondary N) is 1. The highest BCUT2D eigenvalue weighted by atomic mass is 19.1. The van der Waals surface area contributed by atoms with Crippen molar-refractivity contribution in [3.8, 4) is 0 Å². The van der Waals surface area contributed by atoms with Crippen molar-refractivity contribution in [2.45, 2.75) is 25.6 Å². The Hall–Kier alpha value is -0.150. The van der Waals surface area contributed by atoms with Crippen molar-refractivity contribution in [1.29, 1.82) is 0 Å². The maximum Gasteiger partial charge on any atom is 0.118 e. The molecule has 0 unspecified atom stereocenters. The standard InChI is InChI=1S/C8H16FNO/c1-5-6(4-11)3-7(10-2)8(5)9/h5-8,10-11H,3-4H2,1-2H3/t5-,6-,7-,8+/m1/s1. The van der Waals surface area contributed by atoms with Gasteiger partial charge in [-0.1, -0.05) is 6.92 Å². The SMILES string of the molecule is CN[C@@H]1C[C@H](CO)[C@@H](C)[C@@H]1F. The minimum absolute atomic E-state index is 0.00236. The molecule has 0 radical (unpaired) electrons. The highest BCUT2D eigenvalue weighted by molar-refractivity contribution is 4.92. The summed E-state index contributed by atoms with van der Waals surface area (Å²) in [5.41, 5.74) is 0. The smallest absolute Gasteiger partial charge is 0.118 e. The van der Waals surface area contributed by atoms with Gasteiger partial charge in [0.05, 0.1) is 0 Å². The van der Waals surface area contributed by atoms with Crippen molar-refractivity contribution >= 4 is 0 Å². The zero-order valence-corrected chi connectivity index (χ0v) is 7.05. The summed E-state index contributed by atoms with van der Waals surface area (Å²) < 4.78 is 13.2. The molecule has 2 N–H and O–H groups in total. The second-order valence-corrected chi connectivity index (χ2v) is 3.38. The predicted molar refractivity (Wildman–Crippen MR) is 42.1 cm³/mol. The molecule has 0 aromatic rings. The molecule has 4 atom stereocenters. The van der Waals surface area contributed by atoms with Gasteiger partial charge < -0.3 is 10.4 Å². The molecule has 0 aromatic heterocycles. The number of halogens is 1. The van der Waals surface area contributed by atoms with Crippen molar-refractivity contribution in [3.63, 3.8) is 0 Å². The molecule has 0 aromatic carbocycles. The molecule has 11 heavy (non-hydrogen) atoms. The van der Waals surface area contributed by atoms with Gasteiger partial charge in [0.25, 0.3) is 0 Å². The topological polar surface area (TPSA) is 32.3 Å². The molecule has 1 aliphatic rings. The van der Waals surface area contributed by atoms with Gasteiger partial charge in [-0.25, -0.2) is 4.39 Å². The summed E-state index contributed by atoms with van der Waals surface area (Å²) in [6.07, 6.45) is -0.0350. The number of alkyl halides is 1. The van der Waals surface area contributed by atoms with Gasteiger partial charge in [-0.05, 0) is 25.3 Å². The first-order valence-corrected chi connectivity index (χ1v) is 4.13. The maximum absolute atomic E-state index is 13.2. The van der Waals surface area contributed by atoms with E-state index in [0.717, 1.165) is 6.42 Å². The zero-order valence-electron chi connectivity index (χ0n) is 7.05. The van der Waals surface area contributed by atoms with Crippen molar-refractivity contribution in [1.82, 2.24) is 5.32 Å². The van der Waals surface area contributed by atoms with E-state index in [-0.39, 0.29) is 24.5 Å². The van der Waals surface area contributed by atoms with E-state index in [1.807, 2.05) is 6.92 Å². The van der Waals surface area contributed by atoms with Crippen LogP contribution in [0.3, 0.4) is 0 Å². The lowest BCUT2D eigenvalue weighted by atomic mass is 9.99. The fraction of sp³-hybridized carbons (Fsp3) is 1.00. The molecule has 1 fully saturated rings. The van der Waals surface area contributed by atoms with Crippen LogP contribution in [0.1, 0.15) is 13.3 Å². The van der Waals surface area contributed by atoms with Crippen molar-refractivity contribution in [2.75, 3.05) is 13.7 Å².